The topological polar surface area (TPSA) is 39.2 Å². The van der Waals surface area contributed by atoms with E-state index < -0.39 is 5.97 Å². The third-order valence-electron chi connectivity index (χ3n) is 1.98. The lowest BCUT2D eigenvalue weighted by atomic mass is 10.1. The smallest absolute Gasteiger partial charge is 0.356 e. The molecule has 0 spiro atoms. The summed E-state index contributed by atoms with van der Waals surface area (Å²) in [5, 5.41) is 0.970. The summed E-state index contributed by atoms with van der Waals surface area (Å²) in [7, 11) is 6.97. The minimum absolute atomic E-state index is 0.273. The molecular weight excluding hydrogens is 185 g/mol. The first-order chi connectivity index (χ1) is 6.22. The Morgan fingerprint density at radius 3 is 2.92 bits per heavy atom. The van der Waals surface area contributed by atoms with Crippen LogP contribution in [0.25, 0.3) is 0 Å². The van der Waals surface area contributed by atoms with Crippen LogP contribution in [0.5, 0.6) is 0 Å². The molecule has 0 saturated heterocycles. The van der Waals surface area contributed by atoms with Gasteiger partial charge in [0.1, 0.15) is 7.85 Å². The fraction of sp³-hybridized carbons (Fsp3) is 0.500. The number of aromatic nitrogens is 1. The normalized spacial score (nSPS) is 15.8. The molecule has 3 nitrogen and oxygen atoms in total. The molecular formula is C8H8BNO2S. The van der Waals surface area contributed by atoms with E-state index in [0.717, 1.165) is 17.8 Å². The van der Waals surface area contributed by atoms with Crippen molar-refractivity contribution in [2.75, 3.05) is 7.11 Å². The standard InChI is InChI=1S/C8H8BNO2S/c1-12-8(11)5-6(9)13-7(10-5)4-2-3-4/h4H,2-3H2,1H3. The summed E-state index contributed by atoms with van der Waals surface area (Å²) < 4.78 is 5.02. The van der Waals surface area contributed by atoms with E-state index in [1.165, 1.54) is 18.4 Å². The molecule has 0 N–H and O–H groups in total. The molecule has 1 saturated carbocycles. The Morgan fingerprint density at radius 2 is 2.38 bits per heavy atom. The van der Waals surface area contributed by atoms with E-state index in [-0.39, 0.29) is 5.69 Å². The van der Waals surface area contributed by atoms with Crippen LogP contribution in [-0.4, -0.2) is 25.9 Å². The molecule has 66 valence electrons. The highest BCUT2D eigenvalue weighted by atomic mass is 32.1. The second-order valence-electron chi connectivity index (χ2n) is 3.03. The second kappa shape index (κ2) is 3.14. The van der Waals surface area contributed by atoms with Crippen LogP contribution in [0.3, 0.4) is 0 Å². The van der Waals surface area contributed by atoms with E-state index in [0.29, 0.717) is 10.7 Å². The van der Waals surface area contributed by atoms with Crippen LogP contribution in [0.2, 0.25) is 0 Å². The van der Waals surface area contributed by atoms with Crippen LogP contribution < -0.4 is 4.78 Å². The van der Waals surface area contributed by atoms with Crippen LogP contribution in [0.4, 0.5) is 0 Å². The number of rotatable bonds is 2. The maximum Gasteiger partial charge on any atom is 0.356 e. The summed E-state index contributed by atoms with van der Waals surface area (Å²) in [5.74, 6) is 0.0892. The average molecular weight is 193 g/mol. The van der Waals surface area contributed by atoms with Crippen molar-refractivity contribution >= 4 is 29.9 Å². The van der Waals surface area contributed by atoms with E-state index in [1.807, 2.05) is 0 Å². The summed E-state index contributed by atoms with van der Waals surface area (Å²) in [6, 6.07) is 0. The number of nitrogens with zero attached hydrogens (tertiary/aromatic N) is 1. The molecule has 0 bridgehead atoms. The Labute approximate surface area is 81.5 Å². The monoisotopic (exact) mass is 193 g/mol. The Bertz CT molecular complexity index is 346. The molecule has 0 unspecified atom stereocenters. The highest BCUT2D eigenvalue weighted by molar-refractivity contribution is 7.20. The van der Waals surface area contributed by atoms with Gasteiger partial charge in [-0.1, -0.05) is 0 Å². The molecule has 1 fully saturated rings. The number of ether oxygens (including phenoxy) is 1. The molecule has 5 heteroatoms. The molecule has 2 radical (unpaired) electrons. The molecule has 2 rings (SSSR count). The van der Waals surface area contributed by atoms with E-state index in [1.54, 1.807) is 0 Å². The molecule has 1 heterocycles. The number of esters is 1. The van der Waals surface area contributed by atoms with Crippen LogP contribution in [0.1, 0.15) is 34.3 Å². The van der Waals surface area contributed by atoms with Crippen molar-refractivity contribution in [2.24, 2.45) is 0 Å². The summed E-state index contributed by atoms with van der Waals surface area (Å²) >= 11 is 1.39. The largest absolute Gasteiger partial charge is 0.464 e. The first-order valence-corrected chi connectivity index (χ1v) is 4.88. The van der Waals surface area contributed by atoms with Crippen molar-refractivity contribution in [1.29, 1.82) is 0 Å². The lowest BCUT2D eigenvalue weighted by molar-refractivity contribution is 0.0596. The zero-order chi connectivity index (χ0) is 9.42. The quantitative estimate of drug-likeness (QED) is 0.510. The van der Waals surface area contributed by atoms with Gasteiger partial charge in [-0.3, -0.25) is 0 Å². The minimum Gasteiger partial charge on any atom is -0.464 e. The second-order valence-corrected chi connectivity index (χ2v) is 4.09. The lowest BCUT2D eigenvalue weighted by Crippen LogP contribution is -2.13. The van der Waals surface area contributed by atoms with Gasteiger partial charge in [0.15, 0.2) is 5.69 Å². The molecule has 0 amide bonds. The Kier molecular flexibility index (Phi) is 2.11. The molecule has 1 aromatic heterocycles. The van der Waals surface area contributed by atoms with Crippen molar-refractivity contribution in [1.82, 2.24) is 4.98 Å². The van der Waals surface area contributed by atoms with Crippen molar-refractivity contribution in [3.63, 3.8) is 0 Å². The Balaban J connectivity index is 2.29. The van der Waals surface area contributed by atoms with Crippen LogP contribution in [0, 0.1) is 0 Å². The third kappa shape index (κ3) is 1.61. The Morgan fingerprint density at radius 1 is 1.69 bits per heavy atom. The molecule has 0 atom stereocenters. The highest BCUT2D eigenvalue weighted by Crippen LogP contribution is 2.40. The van der Waals surface area contributed by atoms with Gasteiger partial charge in [0.05, 0.1) is 12.1 Å². The SMILES string of the molecule is [B]c1sc(C2CC2)nc1C(=O)OC. The number of carbonyl (C=O) groups excluding carboxylic acids is 1. The van der Waals surface area contributed by atoms with Gasteiger partial charge in [-0.15, -0.1) is 11.3 Å². The number of hydrogen-bond donors (Lipinski definition) is 0. The van der Waals surface area contributed by atoms with Crippen LogP contribution in [0.15, 0.2) is 0 Å². The zero-order valence-electron chi connectivity index (χ0n) is 7.24. The summed E-state index contributed by atoms with van der Waals surface area (Å²) in [5.41, 5.74) is 0.273. The average Bonchev–Trinajstić information content (AvgIpc) is 2.89. The predicted octanol–water partition coefficient (Wildman–Crippen LogP) is 0.601. The minimum atomic E-state index is -0.444. The molecule has 1 aliphatic rings. The van der Waals surface area contributed by atoms with E-state index in [4.69, 9.17) is 7.85 Å². The van der Waals surface area contributed by atoms with Crippen LogP contribution >= 0.6 is 11.3 Å². The van der Waals surface area contributed by atoms with E-state index in [2.05, 4.69) is 9.72 Å². The fourth-order valence-corrected chi connectivity index (χ4v) is 2.09. The molecule has 1 aliphatic carbocycles. The van der Waals surface area contributed by atoms with Crippen molar-refractivity contribution in [2.45, 2.75) is 18.8 Å². The first-order valence-electron chi connectivity index (χ1n) is 4.07. The summed E-state index contributed by atoms with van der Waals surface area (Å²) in [6.45, 7) is 0. The maximum absolute atomic E-state index is 11.1. The van der Waals surface area contributed by atoms with E-state index >= 15 is 0 Å². The molecule has 0 aromatic carbocycles. The fourth-order valence-electron chi connectivity index (χ4n) is 1.10. The van der Waals surface area contributed by atoms with Gasteiger partial charge in [0, 0.05) is 5.92 Å². The van der Waals surface area contributed by atoms with Crippen LogP contribution in [-0.2, 0) is 4.74 Å². The summed E-state index contributed by atoms with van der Waals surface area (Å²) in [4.78, 5) is 15.3. The van der Waals surface area contributed by atoms with Gasteiger partial charge < -0.3 is 4.74 Å². The zero-order valence-corrected chi connectivity index (χ0v) is 8.06. The van der Waals surface area contributed by atoms with Gasteiger partial charge in [-0.2, -0.15) is 0 Å². The Hall–Kier alpha value is -0.835. The van der Waals surface area contributed by atoms with Gasteiger partial charge in [-0.05, 0) is 17.6 Å². The van der Waals surface area contributed by atoms with Gasteiger partial charge >= 0.3 is 5.97 Å². The van der Waals surface area contributed by atoms with Gasteiger partial charge in [0.2, 0.25) is 0 Å². The van der Waals surface area contributed by atoms with Crippen molar-refractivity contribution in [3.05, 3.63) is 10.7 Å². The molecule has 0 aliphatic heterocycles. The third-order valence-corrected chi connectivity index (χ3v) is 3.02. The first kappa shape index (κ1) is 8.75. The number of thiazole rings is 1. The van der Waals surface area contributed by atoms with Gasteiger partial charge in [0.25, 0.3) is 0 Å². The van der Waals surface area contributed by atoms with Gasteiger partial charge in [-0.25, -0.2) is 9.78 Å². The summed E-state index contributed by atoms with van der Waals surface area (Å²) in [6.07, 6.45) is 2.32. The van der Waals surface area contributed by atoms with Crippen molar-refractivity contribution in [3.8, 4) is 0 Å². The maximum atomic E-state index is 11.1. The number of hydrogen-bond acceptors (Lipinski definition) is 4. The van der Waals surface area contributed by atoms with E-state index in [9.17, 15) is 4.79 Å². The predicted molar refractivity (Wildman–Crippen MR) is 50.8 cm³/mol. The molecule has 1 aromatic rings. The number of methoxy groups -OCH3 is 1. The molecule has 13 heavy (non-hydrogen) atoms. The number of carbonyl (C=O) groups is 1. The van der Waals surface area contributed by atoms with Crippen molar-refractivity contribution < 1.29 is 9.53 Å². The lowest BCUT2D eigenvalue weighted by Gasteiger charge is -1.93. The highest BCUT2D eigenvalue weighted by Gasteiger charge is 2.28.